The van der Waals surface area contributed by atoms with Crippen molar-refractivity contribution in [3.05, 3.63) is 28.2 Å². The summed E-state index contributed by atoms with van der Waals surface area (Å²) < 4.78 is 5.42. The molecule has 0 aromatic heterocycles. The minimum absolute atomic E-state index is 0.0998. The largest absolute Gasteiger partial charge is 0.468 e. The number of ether oxygens (including phenoxy) is 1. The van der Waals surface area contributed by atoms with Crippen molar-refractivity contribution < 1.29 is 4.74 Å². The Balaban J connectivity index is 2.59. The van der Waals surface area contributed by atoms with E-state index in [1.165, 1.54) is 0 Å². The van der Waals surface area contributed by atoms with Gasteiger partial charge in [0, 0.05) is 5.69 Å². The molecule has 1 aromatic carbocycles. The zero-order chi connectivity index (χ0) is 12.1. The molecule has 0 aliphatic heterocycles. The molecule has 5 heteroatoms. The fraction of sp³-hybridized carbons (Fsp3) is 0.364. The average Bonchev–Trinajstić information content (AvgIpc) is 2.23. The molecule has 1 atom stereocenters. The Morgan fingerprint density at radius 3 is 2.69 bits per heavy atom. The second-order valence-corrected chi connectivity index (χ2v) is 4.56. The number of halogens is 2. The third-order valence-corrected chi connectivity index (χ3v) is 2.99. The molecule has 88 valence electrons. The molecule has 0 bridgehead atoms. The molecule has 0 amide bonds. The summed E-state index contributed by atoms with van der Waals surface area (Å²) in [5.74, 6) is 0. The summed E-state index contributed by atoms with van der Waals surface area (Å²) in [5.41, 5.74) is 0.766. The van der Waals surface area contributed by atoms with Crippen molar-refractivity contribution >= 4 is 46.3 Å². The van der Waals surface area contributed by atoms with Crippen molar-refractivity contribution in [2.45, 2.75) is 26.4 Å². The Bertz CT molecular complexity index is 384. The quantitative estimate of drug-likeness (QED) is 0.822. The van der Waals surface area contributed by atoms with Crippen LogP contribution < -0.4 is 5.32 Å². The first-order valence-electron chi connectivity index (χ1n) is 4.95. The third kappa shape index (κ3) is 4.16. The highest BCUT2D eigenvalue weighted by Crippen LogP contribution is 2.25. The van der Waals surface area contributed by atoms with Crippen molar-refractivity contribution in [1.29, 1.82) is 0 Å². The monoisotopic (exact) mass is 277 g/mol. The van der Waals surface area contributed by atoms with Crippen LogP contribution in [-0.2, 0) is 4.74 Å². The van der Waals surface area contributed by atoms with Gasteiger partial charge in [-0.1, -0.05) is 30.1 Å². The summed E-state index contributed by atoms with van der Waals surface area (Å²) in [6.07, 6.45) is 1.01. The average molecular weight is 278 g/mol. The Hall–Kier alpha value is -0.510. The molecule has 0 saturated carbocycles. The highest BCUT2D eigenvalue weighted by atomic mass is 35.5. The second kappa shape index (κ2) is 6.28. The first kappa shape index (κ1) is 13.6. The molecule has 1 rings (SSSR count). The maximum Gasteiger partial charge on any atom is 0.261 e. The van der Waals surface area contributed by atoms with Crippen LogP contribution in [0.2, 0.25) is 10.0 Å². The van der Waals surface area contributed by atoms with Crippen molar-refractivity contribution in [2.24, 2.45) is 0 Å². The van der Waals surface area contributed by atoms with Crippen LogP contribution in [0.4, 0.5) is 5.69 Å². The first-order chi connectivity index (χ1) is 7.52. The fourth-order valence-corrected chi connectivity index (χ4v) is 1.57. The van der Waals surface area contributed by atoms with Gasteiger partial charge in [0.15, 0.2) is 0 Å². The van der Waals surface area contributed by atoms with Gasteiger partial charge in [0.05, 0.1) is 16.1 Å². The summed E-state index contributed by atoms with van der Waals surface area (Å²) in [6.45, 7) is 4.00. The Morgan fingerprint density at radius 2 is 2.12 bits per heavy atom. The van der Waals surface area contributed by atoms with Gasteiger partial charge in [-0.2, -0.15) is 0 Å². The van der Waals surface area contributed by atoms with E-state index in [1.807, 2.05) is 13.8 Å². The number of rotatable bonds is 3. The molecule has 0 fully saturated rings. The lowest BCUT2D eigenvalue weighted by Gasteiger charge is -2.14. The highest BCUT2D eigenvalue weighted by Gasteiger charge is 2.05. The Morgan fingerprint density at radius 1 is 1.44 bits per heavy atom. The van der Waals surface area contributed by atoms with Crippen molar-refractivity contribution in [3.8, 4) is 0 Å². The van der Waals surface area contributed by atoms with Crippen LogP contribution in [-0.4, -0.2) is 11.3 Å². The zero-order valence-electron chi connectivity index (χ0n) is 9.09. The van der Waals surface area contributed by atoms with Crippen LogP contribution in [0.15, 0.2) is 18.2 Å². The summed E-state index contributed by atoms with van der Waals surface area (Å²) in [6, 6.07) is 5.20. The molecule has 16 heavy (non-hydrogen) atoms. The summed E-state index contributed by atoms with van der Waals surface area (Å²) in [5, 5.41) is 4.28. The van der Waals surface area contributed by atoms with Crippen molar-refractivity contribution in [2.75, 3.05) is 5.32 Å². The molecule has 0 saturated heterocycles. The SMILES string of the molecule is CCC(C)OC(=S)Nc1ccc(Cl)c(Cl)c1. The first-order valence-corrected chi connectivity index (χ1v) is 6.12. The van der Waals surface area contributed by atoms with Crippen molar-refractivity contribution in [1.82, 2.24) is 0 Å². The second-order valence-electron chi connectivity index (χ2n) is 3.38. The van der Waals surface area contributed by atoms with E-state index in [4.69, 9.17) is 40.2 Å². The van der Waals surface area contributed by atoms with Gasteiger partial charge in [0.25, 0.3) is 5.17 Å². The van der Waals surface area contributed by atoms with E-state index >= 15 is 0 Å². The topological polar surface area (TPSA) is 21.3 Å². The third-order valence-electron chi connectivity index (χ3n) is 2.05. The van der Waals surface area contributed by atoms with Gasteiger partial charge in [-0.25, -0.2) is 0 Å². The van der Waals surface area contributed by atoms with Gasteiger partial charge >= 0.3 is 0 Å². The molecule has 0 spiro atoms. The fourth-order valence-electron chi connectivity index (χ4n) is 0.987. The van der Waals surface area contributed by atoms with Gasteiger partial charge in [-0.05, 0) is 43.8 Å². The predicted octanol–water partition coefficient (Wildman–Crippen LogP) is 4.51. The number of hydrogen-bond donors (Lipinski definition) is 1. The van der Waals surface area contributed by atoms with Crippen LogP contribution in [0.3, 0.4) is 0 Å². The zero-order valence-corrected chi connectivity index (χ0v) is 11.4. The number of anilines is 1. The Labute approximate surface area is 111 Å². The summed E-state index contributed by atoms with van der Waals surface area (Å²) in [7, 11) is 0. The van der Waals surface area contributed by atoms with E-state index < -0.39 is 0 Å². The molecule has 1 N–H and O–H groups in total. The van der Waals surface area contributed by atoms with Crippen LogP contribution in [0, 0.1) is 0 Å². The number of hydrogen-bond acceptors (Lipinski definition) is 2. The molecule has 0 radical (unpaired) electrons. The van der Waals surface area contributed by atoms with Crippen molar-refractivity contribution in [3.63, 3.8) is 0 Å². The van der Waals surface area contributed by atoms with E-state index in [1.54, 1.807) is 18.2 Å². The van der Waals surface area contributed by atoms with Gasteiger partial charge in [0.2, 0.25) is 0 Å². The summed E-state index contributed by atoms with van der Waals surface area (Å²) in [4.78, 5) is 0. The van der Waals surface area contributed by atoms with Crippen LogP contribution in [0.25, 0.3) is 0 Å². The number of thiocarbonyl (C=S) groups is 1. The van der Waals surface area contributed by atoms with Gasteiger partial charge in [-0.15, -0.1) is 0 Å². The lowest BCUT2D eigenvalue weighted by atomic mass is 10.3. The van der Waals surface area contributed by atoms with E-state index in [0.717, 1.165) is 12.1 Å². The summed E-state index contributed by atoms with van der Waals surface area (Å²) >= 11 is 16.7. The minimum Gasteiger partial charge on any atom is -0.468 e. The molecular formula is C11H13Cl2NOS. The van der Waals surface area contributed by atoms with Crippen LogP contribution in [0.1, 0.15) is 20.3 Å². The molecule has 0 heterocycles. The van der Waals surface area contributed by atoms with E-state index in [0.29, 0.717) is 15.2 Å². The maximum atomic E-state index is 5.87. The molecule has 1 aromatic rings. The van der Waals surface area contributed by atoms with E-state index in [2.05, 4.69) is 5.32 Å². The lowest BCUT2D eigenvalue weighted by molar-refractivity contribution is 0.209. The number of benzene rings is 1. The minimum atomic E-state index is 0.0998. The van der Waals surface area contributed by atoms with Gasteiger partial charge < -0.3 is 10.1 Å². The van der Waals surface area contributed by atoms with Gasteiger partial charge in [0.1, 0.15) is 0 Å². The van der Waals surface area contributed by atoms with Crippen LogP contribution >= 0.6 is 35.4 Å². The standard InChI is InChI=1S/C11H13Cl2NOS/c1-3-7(2)15-11(16)14-8-4-5-9(12)10(13)6-8/h4-7H,3H2,1-2H3,(H,14,16). The predicted molar refractivity (Wildman–Crippen MR) is 73.5 cm³/mol. The van der Waals surface area contributed by atoms with Gasteiger partial charge in [-0.3, -0.25) is 0 Å². The van der Waals surface area contributed by atoms with E-state index in [-0.39, 0.29) is 6.10 Å². The normalized spacial score (nSPS) is 12.0. The molecule has 2 nitrogen and oxygen atoms in total. The Kier molecular flexibility index (Phi) is 5.32. The van der Waals surface area contributed by atoms with E-state index in [9.17, 15) is 0 Å². The number of nitrogens with one attached hydrogen (secondary N) is 1. The maximum absolute atomic E-state index is 5.87. The highest BCUT2D eigenvalue weighted by molar-refractivity contribution is 7.80. The lowest BCUT2D eigenvalue weighted by Crippen LogP contribution is -2.19. The molecule has 0 aliphatic carbocycles. The molecule has 1 unspecified atom stereocenters. The smallest absolute Gasteiger partial charge is 0.261 e. The van der Waals surface area contributed by atoms with Crippen LogP contribution in [0.5, 0.6) is 0 Å². The molecular weight excluding hydrogens is 265 g/mol. The molecule has 0 aliphatic rings.